The molecule has 2 aromatic heterocycles. The van der Waals surface area contributed by atoms with Gasteiger partial charge in [-0.15, -0.1) is 10.2 Å². The molecule has 1 saturated carbocycles. The van der Waals surface area contributed by atoms with Gasteiger partial charge in [-0.05, 0) is 63.0 Å². The van der Waals surface area contributed by atoms with E-state index in [1.807, 2.05) is 24.3 Å². The molecular weight excluding hydrogens is 300 g/mol. The average molecular weight is 322 g/mol. The van der Waals surface area contributed by atoms with E-state index in [0.717, 1.165) is 16.6 Å². The molecule has 2 N–H and O–H groups in total. The minimum Gasteiger partial charge on any atom is -0.507 e. The molecule has 124 valence electrons. The zero-order valence-corrected chi connectivity index (χ0v) is 13.7. The summed E-state index contributed by atoms with van der Waals surface area (Å²) < 4.78 is 2.26. The van der Waals surface area contributed by atoms with Crippen molar-refractivity contribution in [3.63, 3.8) is 0 Å². The van der Waals surface area contributed by atoms with E-state index in [1.54, 1.807) is 12.1 Å². The number of aromatic nitrogens is 3. The molecule has 1 aliphatic heterocycles. The molecule has 5 rings (SSSR count). The fourth-order valence-corrected chi connectivity index (χ4v) is 3.07. The van der Waals surface area contributed by atoms with Crippen LogP contribution in [-0.2, 0) is 0 Å². The summed E-state index contributed by atoms with van der Waals surface area (Å²) in [7, 11) is 0. The third kappa shape index (κ3) is 3.12. The number of nitrogens with one attached hydrogen (secondary N) is 1. The molecule has 1 aromatic carbocycles. The maximum Gasteiger partial charge on any atom is 0.125 e. The molecule has 1 saturated heterocycles. The summed E-state index contributed by atoms with van der Waals surface area (Å²) in [5.74, 6) is 0.237. The van der Waals surface area contributed by atoms with Gasteiger partial charge in [0.05, 0.1) is 11.2 Å². The Bertz CT molecular complexity index is 827. The van der Waals surface area contributed by atoms with Gasteiger partial charge in [0.2, 0.25) is 0 Å². The van der Waals surface area contributed by atoms with Crippen LogP contribution in [0.4, 0.5) is 0 Å². The van der Waals surface area contributed by atoms with Crippen LogP contribution in [0.1, 0.15) is 31.7 Å². The summed E-state index contributed by atoms with van der Waals surface area (Å²) in [5, 5.41) is 21.6. The molecule has 24 heavy (non-hydrogen) atoms. The van der Waals surface area contributed by atoms with E-state index in [-0.39, 0.29) is 5.75 Å². The molecule has 0 unspecified atom stereocenters. The Hall–Kier alpha value is -2.40. The Morgan fingerprint density at radius 2 is 1.83 bits per heavy atom. The molecular formula is C19H22N4O. The molecule has 0 spiro atoms. The molecule has 0 bridgehead atoms. The monoisotopic (exact) mass is 322 g/mol. The molecule has 3 aromatic rings. The van der Waals surface area contributed by atoms with E-state index >= 15 is 0 Å². The second-order valence-corrected chi connectivity index (χ2v) is 6.43. The van der Waals surface area contributed by atoms with Crippen LogP contribution in [0.15, 0.2) is 42.6 Å². The molecule has 0 amide bonds. The molecule has 5 heteroatoms. The zero-order chi connectivity index (χ0) is 16.4. The highest BCUT2D eigenvalue weighted by Gasteiger charge is 2.25. The van der Waals surface area contributed by atoms with Gasteiger partial charge in [0.1, 0.15) is 11.3 Å². The van der Waals surface area contributed by atoms with Gasteiger partial charge in [0, 0.05) is 17.8 Å². The molecule has 0 atom stereocenters. The second kappa shape index (κ2) is 6.61. The minimum absolute atomic E-state index is 0.237. The summed E-state index contributed by atoms with van der Waals surface area (Å²) in [6, 6.07) is 11.8. The topological polar surface area (TPSA) is 63.0 Å². The van der Waals surface area contributed by atoms with Crippen LogP contribution in [0, 0.1) is 0 Å². The van der Waals surface area contributed by atoms with E-state index in [1.165, 1.54) is 38.8 Å². The SMILES string of the molecule is C1CCNC1.Oc1ccccc1-c1cc2c(ccn2C2CC2)nn1. The lowest BCUT2D eigenvalue weighted by molar-refractivity contribution is 0.477. The standard InChI is InChI=1S/C15H13N3O.C4H9N/c19-15-4-2-1-3-11(15)13-9-14-12(16-17-13)7-8-18(14)10-5-6-10;1-2-4-5-3-1/h1-4,7-10,19H,5-6H2;5H,1-4H2. The highest BCUT2D eigenvalue weighted by Crippen LogP contribution is 2.38. The summed E-state index contributed by atoms with van der Waals surface area (Å²) >= 11 is 0. The van der Waals surface area contributed by atoms with E-state index < -0.39 is 0 Å². The Morgan fingerprint density at radius 1 is 1.04 bits per heavy atom. The number of hydrogen-bond acceptors (Lipinski definition) is 4. The van der Waals surface area contributed by atoms with E-state index in [0.29, 0.717) is 11.7 Å². The third-order valence-corrected chi connectivity index (χ3v) is 4.55. The van der Waals surface area contributed by atoms with Crippen molar-refractivity contribution in [2.75, 3.05) is 13.1 Å². The van der Waals surface area contributed by atoms with Gasteiger partial charge in [-0.1, -0.05) is 12.1 Å². The first-order valence-electron chi connectivity index (χ1n) is 8.66. The van der Waals surface area contributed by atoms with Crippen molar-refractivity contribution in [2.24, 2.45) is 0 Å². The zero-order valence-electron chi connectivity index (χ0n) is 13.7. The first kappa shape index (κ1) is 15.1. The maximum absolute atomic E-state index is 9.90. The number of phenolic OH excluding ortho intramolecular Hbond substituents is 1. The van der Waals surface area contributed by atoms with Crippen molar-refractivity contribution in [2.45, 2.75) is 31.7 Å². The van der Waals surface area contributed by atoms with Crippen molar-refractivity contribution in [3.05, 3.63) is 42.6 Å². The number of aromatic hydroxyl groups is 1. The molecule has 2 fully saturated rings. The van der Waals surface area contributed by atoms with Gasteiger partial charge in [0.15, 0.2) is 0 Å². The normalized spacial score (nSPS) is 16.8. The number of fused-ring (bicyclic) bond motifs is 1. The van der Waals surface area contributed by atoms with Gasteiger partial charge in [0.25, 0.3) is 0 Å². The summed E-state index contributed by atoms with van der Waals surface area (Å²) in [6.07, 6.45) is 7.32. The summed E-state index contributed by atoms with van der Waals surface area (Å²) in [6.45, 7) is 2.50. The van der Waals surface area contributed by atoms with Crippen LogP contribution in [0.3, 0.4) is 0 Å². The first-order chi connectivity index (χ1) is 11.8. The minimum atomic E-state index is 0.237. The molecule has 3 heterocycles. The largest absolute Gasteiger partial charge is 0.507 e. The fourth-order valence-electron chi connectivity index (χ4n) is 3.07. The molecule has 5 nitrogen and oxygen atoms in total. The Kier molecular flexibility index (Phi) is 4.17. The smallest absolute Gasteiger partial charge is 0.125 e. The molecule has 1 aliphatic carbocycles. The van der Waals surface area contributed by atoms with Crippen molar-refractivity contribution in [1.82, 2.24) is 20.1 Å². The number of benzene rings is 1. The number of hydrogen-bond donors (Lipinski definition) is 2. The number of phenols is 1. The van der Waals surface area contributed by atoms with E-state index in [4.69, 9.17) is 0 Å². The highest BCUT2D eigenvalue weighted by atomic mass is 16.3. The Balaban J connectivity index is 0.000000252. The van der Waals surface area contributed by atoms with Gasteiger partial charge in [-0.25, -0.2) is 0 Å². The Morgan fingerprint density at radius 3 is 2.50 bits per heavy atom. The van der Waals surface area contributed by atoms with E-state index in [2.05, 4.69) is 26.3 Å². The lowest BCUT2D eigenvalue weighted by Crippen LogP contribution is -2.03. The van der Waals surface area contributed by atoms with E-state index in [9.17, 15) is 5.11 Å². The first-order valence-corrected chi connectivity index (χ1v) is 8.66. The van der Waals surface area contributed by atoms with Crippen LogP contribution < -0.4 is 5.32 Å². The van der Waals surface area contributed by atoms with Crippen molar-refractivity contribution < 1.29 is 5.11 Å². The summed E-state index contributed by atoms with van der Waals surface area (Å²) in [5.41, 5.74) is 3.44. The summed E-state index contributed by atoms with van der Waals surface area (Å²) in [4.78, 5) is 0. The molecule has 0 radical (unpaired) electrons. The van der Waals surface area contributed by atoms with Gasteiger partial charge in [-0.3, -0.25) is 0 Å². The maximum atomic E-state index is 9.90. The van der Waals surface area contributed by atoms with Gasteiger partial charge >= 0.3 is 0 Å². The highest BCUT2D eigenvalue weighted by molar-refractivity contribution is 5.81. The fraction of sp³-hybridized carbons (Fsp3) is 0.368. The predicted octanol–water partition coefficient (Wildman–Crippen LogP) is 3.51. The third-order valence-electron chi connectivity index (χ3n) is 4.55. The van der Waals surface area contributed by atoms with Crippen LogP contribution in [0.25, 0.3) is 22.3 Å². The van der Waals surface area contributed by atoms with Crippen LogP contribution in [-0.4, -0.2) is 33.0 Å². The number of rotatable bonds is 2. The van der Waals surface area contributed by atoms with Crippen LogP contribution in [0.2, 0.25) is 0 Å². The van der Waals surface area contributed by atoms with Crippen molar-refractivity contribution in [3.8, 4) is 17.0 Å². The average Bonchev–Trinajstić information content (AvgIpc) is 3.12. The number of para-hydroxylation sites is 1. The van der Waals surface area contributed by atoms with Gasteiger partial charge < -0.3 is 15.0 Å². The second-order valence-electron chi connectivity index (χ2n) is 6.43. The van der Waals surface area contributed by atoms with Crippen LogP contribution in [0.5, 0.6) is 5.75 Å². The lowest BCUT2D eigenvalue weighted by Gasteiger charge is -2.05. The Labute approximate surface area is 141 Å². The van der Waals surface area contributed by atoms with Crippen LogP contribution >= 0.6 is 0 Å². The van der Waals surface area contributed by atoms with Crippen molar-refractivity contribution in [1.29, 1.82) is 0 Å². The quantitative estimate of drug-likeness (QED) is 0.758. The van der Waals surface area contributed by atoms with Gasteiger partial charge in [-0.2, -0.15) is 0 Å². The number of nitrogens with zero attached hydrogens (tertiary/aromatic N) is 3. The lowest BCUT2D eigenvalue weighted by atomic mass is 10.1. The predicted molar refractivity (Wildman–Crippen MR) is 95.0 cm³/mol. The molecule has 2 aliphatic rings. The van der Waals surface area contributed by atoms with Crippen molar-refractivity contribution >= 4 is 11.0 Å².